The quantitative estimate of drug-likeness (QED) is 0.717. The summed E-state index contributed by atoms with van der Waals surface area (Å²) in [5, 5.41) is 16.4. The Morgan fingerprint density at radius 1 is 1.28 bits per heavy atom. The molecule has 0 bridgehead atoms. The topological polar surface area (TPSA) is 93.0 Å². The number of anilines is 1. The molecule has 7 nitrogen and oxygen atoms in total. The van der Waals surface area contributed by atoms with E-state index >= 15 is 0 Å². The second-order valence-electron chi connectivity index (χ2n) is 6.02. The van der Waals surface area contributed by atoms with Gasteiger partial charge < -0.3 is 29.6 Å². The molecule has 0 spiro atoms. The van der Waals surface area contributed by atoms with E-state index in [1.807, 2.05) is 0 Å². The number of hydrogen-bond donors (Lipinski definition) is 3. The van der Waals surface area contributed by atoms with Gasteiger partial charge in [0, 0.05) is 0 Å². The molecule has 25 heavy (non-hydrogen) atoms. The van der Waals surface area contributed by atoms with Gasteiger partial charge in [0.05, 0.1) is 32.7 Å². The van der Waals surface area contributed by atoms with Crippen LogP contribution in [-0.2, 0) is 5.60 Å². The van der Waals surface area contributed by atoms with Gasteiger partial charge in [-0.2, -0.15) is 0 Å². The normalized spacial score (nSPS) is 16.0. The highest BCUT2D eigenvalue weighted by atomic mass is 16.5. The summed E-state index contributed by atoms with van der Waals surface area (Å²) in [6, 6.07) is 8.20. The van der Waals surface area contributed by atoms with Gasteiger partial charge in [-0.3, -0.25) is 0 Å². The molecule has 1 aromatic carbocycles. The Morgan fingerprint density at radius 2 is 2.08 bits per heavy atom. The predicted octanol–water partition coefficient (Wildman–Crippen LogP) is 2.72. The van der Waals surface area contributed by atoms with E-state index < -0.39 is 11.6 Å². The number of carbonyl (C=O) groups is 1. The van der Waals surface area contributed by atoms with Crippen LogP contribution in [0.3, 0.4) is 0 Å². The number of amides is 2. The van der Waals surface area contributed by atoms with Crippen LogP contribution in [0.1, 0.15) is 18.6 Å². The van der Waals surface area contributed by atoms with Gasteiger partial charge >= 0.3 is 6.03 Å². The van der Waals surface area contributed by atoms with E-state index in [1.54, 1.807) is 30.3 Å². The number of aliphatic hydroxyl groups is 1. The SMILES string of the molecule is COc1cccc(NC(=O)NC[C@](O)(c2ccco2)C2CC2)c1OC. The van der Waals surface area contributed by atoms with E-state index in [-0.39, 0.29) is 12.5 Å². The van der Waals surface area contributed by atoms with Crippen LogP contribution in [0.15, 0.2) is 41.0 Å². The van der Waals surface area contributed by atoms with Crippen molar-refractivity contribution in [3.05, 3.63) is 42.4 Å². The minimum atomic E-state index is -1.20. The van der Waals surface area contributed by atoms with Gasteiger partial charge in [0.25, 0.3) is 0 Å². The zero-order valence-electron chi connectivity index (χ0n) is 14.2. The highest BCUT2D eigenvalue weighted by Crippen LogP contribution is 2.45. The molecule has 1 atom stereocenters. The minimum absolute atomic E-state index is 0.0588. The first-order valence-corrected chi connectivity index (χ1v) is 8.10. The largest absolute Gasteiger partial charge is 0.493 e. The van der Waals surface area contributed by atoms with E-state index in [4.69, 9.17) is 13.9 Å². The molecule has 2 aromatic rings. The number of benzene rings is 1. The van der Waals surface area contributed by atoms with Crippen molar-refractivity contribution < 1.29 is 23.8 Å². The van der Waals surface area contributed by atoms with Crippen LogP contribution in [0, 0.1) is 5.92 Å². The number of methoxy groups -OCH3 is 2. The fourth-order valence-electron chi connectivity index (χ4n) is 2.89. The molecule has 2 amide bonds. The fourth-order valence-corrected chi connectivity index (χ4v) is 2.89. The Balaban J connectivity index is 1.67. The molecule has 1 saturated carbocycles. The number of hydrogen-bond acceptors (Lipinski definition) is 5. The van der Waals surface area contributed by atoms with Crippen LogP contribution in [0.4, 0.5) is 10.5 Å². The lowest BCUT2D eigenvalue weighted by atomic mass is 9.94. The van der Waals surface area contributed by atoms with Crippen LogP contribution in [0.2, 0.25) is 0 Å². The number of ether oxygens (including phenoxy) is 2. The van der Waals surface area contributed by atoms with Gasteiger partial charge in [-0.1, -0.05) is 6.07 Å². The molecule has 1 aliphatic carbocycles. The van der Waals surface area contributed by atoms with E-state index in [0.29, 0.717) is 22.9 Å². The average Bonchev–Trinajstić information content (AvgIpc) is 3.34. The lowest BCUT2D eigenvalue weighted by Crippen LogP contribution is -2.43. The molecule has 1 aromatic heterocycles. The standard InChI is InChI=1S/C18H22N2O5/c1-23-14-6-3-5-13(16(14)24-2)20-17(21)19-11-18(22,12-8-9-12)15-7-4-10-25-15/h3-7,10,12,22H,8-9,11H2,1-2H3,(H2,19,20,21)/t18-/m1/s1. The van der Waals surface area contributed by atoms with Crippen molar-refractivity contribution in [2.45, 2.75) is 18.4 Å². The summed E-state index contributed by atoms with van der Waals surface area (Å²) in [4.78, 5) is 12.3. The fraction of sp³-hybridized carbons (Fsp3) is 0.389. The summed E-state index contributed by atoms with van der Waals surface area (Å²) in [5.74, 6) is 1.51. The van der Waals surface area contributed by atoms with Crippen molar-refractivity contribution >= 4 is 11.7 Å². The summed E-state index contributed by atoms with van der Waals surface area (Å²) in [6.45, 7) is 0.0588. The molecule has 3 N–H and O–H groups in total. The molecule has 1 fully saturated rings. The molecule has 0 aliphatic heterocycles. The molecule has 3 rings (SSSR count). The molecule has 0 unspecified atom stereocenters. The van der Waals surface area contributed by atoms with Gasteiger partial charge in [-0.15, -0.1) is 0 Å². The van der Waals surface area contributed by atoms with Gasteiger partial charge in [0.2, 0.25) is 0 Å². The van der Waals surface area contributed by atoms with Gasteiger partial charge in [0.15, 0.2) is 11.5 Å². The summed E-state index contributed by atoms with van der Waals surface area (Å²) in [6.07, 6.45) is 3.33. The van der Waals surface area contributed by atoms with Crippen molar-refractivity contribution in [2.75, 3.05) is 26.1 Å². The summed E-state index contributed by atoms with van der Waals surface area (Å²) >= 11 is 0. The van der Waals surface area contributed by atoms with E-state index in [9.17, 15) is 9.90 Å². The number of furan rings is 1. The van der Waals surface area contributed by atoms with Crippen molar-refractivity contribution in [1.29, 1.82) is 0 Å². The molecule has 0 saturated heterocycles. The van der Waals surface area contributed by atoms with E-state index in [1.165, 1.54) is 20.5 Å². The van der Waals surface area contributed by atoms with Gasteiger partial charge in [-0.05, 0) is 43.0 Å². The summed E-state index contributed by atoms with van der Waals surface area (Å²) in [5.41, 5.74) is -0.716. The van der Waals surface area contributed by atoms with Crippen LogP contribution >= 0.6 is 0 Å². The third-order valence-electron chi connectivity index (χ3n) is 4.37. The van der Waals surface area contributed by atoms with Crippen molar-refractivity contribution in [1.82, 2.24) is 5.32 Å². The predicted molar refractivity (Wildman–Crippen MR) is 91.9 cm³/mol. The maximum absolute atomic E-state index is 12.3. The number of para-hydroxylation sites is 1. The first-order chi connectivity index (χ1) is 12.1. The first-order valence-electron chi connectivity index (χ1n) is 8.10. The Morgan fingerprint density at radius 3 is 2.68 bits per heavy atom. The lowest BCUT2D eigenvalue weighted by molar-refractivity contribution is -0.00414. The number of nitrogens with one attached hydrogen (secondary N) is 2. The molecule has 134 valence electrons. The lowest BCUT2D eigenvalue weighted by Gasteiger charge is -2.26. The van der Waals surface area contributed by atoms with Crippen LogP contribution in [0.5, 0.6) is 11.5 Å². The highest BCUT2D eigenvalue weighted by molar-refractivity contribution is 5.91. The molecule has 1 aliphatic rings. The Kier molecular flexibility index (Phi) is 4.85. The first kappa shape index (κ1) is 17.2. The van der Waals surface area contributed by atoms with Crippen LogP contribution < -0.4 is 20.1 Å². The Labute approximate surface area is 145 Å². The Bertz CT molecular complexity index is 727. The molecular formula is C18H22N2O5. The highest BCUT2D eigenvalue weighted by Gasteiger charge is 2.47. The summed E-state index contributed by atoms with van der Waals surface area (Å²) < 4.78 is 15.9. The zero-order chi connectivity index (χ0) is 17.9. The molecule has 0 radical (unpaired) electrons. The Hall–Kier alpha value is -2.67. The molecule has 7 heteroatoms. The smallest absolute Gasteiger partial charge is 0.319 e. The maximum atomic E-state index is 12.3. The monoisotopic (exact) mass is 346 g/mol. The summed E-state index contributed by atoms with van der Waals surface area (Å²) in [7, 11) is 3.03. The number of urea groups is 1. The van der Waals surface area contributed by atoms with Crippen molar-refractivity contribution in [3.63, 3.8) is 0 Å². The number of carbonyl (C=O) groups excluding carboxylic acids is 1. The third kappa shape index (κ3) is 3.56. The zero-order valence-corrected chi connectivity index (χ0v) is 14.2. The van der Waals surface area contributed by atoms with Crippen LogP contribution in [0.25, 0.3) is 0 Å². The van der Waals surface area contributed by atoms with E-state index in [2.05, 4.69) is 10.6 Å². The number of rotatable bonds is 7. The third-order valence-corrected chi connectivity index (χ3v) is 4.37. The van der Waals surface area contributed by atoms with Crippen molar-refractivity contribution in [3.8, 4) is 11.5 Å². The van der Waals surface area contributed by atoms with E-state index in [0.717, 1.165) is 12.8 Å². The van der Waals surface area contributed by atoms with Gasteiger partial charge in [-0.25, -0.2) is 4.79 Å². The average molecular weight is 346 g/mol. The van der Waals surface area contributed by atoms with Crippen LogP contribution in [-0.4, -0.2) is 31.9 Å². The molecule has 1 heterocycles. The van der Waals surface area contributed by atoms with Gasteiger partial charge in [0.1, 0.15) is 11.4 Å². The van der Waals surface area contributed by atoms with Crippen molar-refractivity contribution in [2.24, 2.45) is 5.92 Å². The second kappa shape index (κ2) is 7.06. The second-order valence-corrected chi connectivity index (χ2v) is 6.02. The maximum Gasteiger partial charge on any atom is 0.319 e. The minimum Gasteiger partial charge on any atom is -0.493 e. The molecular weight excluding hydrogens is 324 g/mol.